The van der Waals surface area contributed by atoms with Crippen LogP contribution in [0, 0.1) is 11.6 Å². The molecule has 2 rings (SSSR count). The molecule has 26 heavy (non-hydrogen) atoms. The van der Waals surface area contributed by atoms with Crippen molar-refractivity contribution in [3.63, 3.8) is 0 Å². The van der Waals surface area contributed by atoms with E-state index in [0.29, 0.717) is 15.5 Å². The number of nitrogens with one attached hydrogen (secondary N) is 1. The van der Waals surface area contributed by atoms with Gasteiger partial charge in [0.15, 0.2) is 6.10 Å². The molecule has 0 fully saturated rings. The quantitative estimate of drug-likeness (QED) is 0.762. The van der Waals surface area contributed by atoms with Crippen molar-refractivity contribution in [2.75, 3.05) is 18.9 Å². The Labute approximate surface area is 148 Å². The summed E-state index contributed by atoms with van der Waals surface area (Å²) in [5.41, 5.74) is 0.307. The minimum atomic E-state index is -4.84. The first-order valence-electron chi connectivity index (χ1n) is 7.09. The summed E-state index contributed by atoms with van der Waals surface area (Å²) in [7, 11) is 1.07. The van der Waals surface area contributed by atoms with Crippen molar-refractivity contribution >= 4 is 22.5 Å². The number of anilines is 1. The van der Waals surface area contributed by atoms with Crippen molar-refractivity contribution in [3.8, 4) is 0 Å². The van der Waals surface area contributed by atoms with Gasteiger partial charge in [-0.1, -0.05) is 11.3 Å². The van der Waals surface area contributed by atoms with Gasteiger partial charge in [0.2, 0.25) is 5.13 Å². The number of nitrogens with zero attached hydrogens (tertiary/aromatic N) is 3. The predicted octanol–water partition coefficient (Wildman–Crippen LogP) is 2.79. The average molecular weight is 396 g/mol. The molecule has 2 aromatic rings. The Morgan fingerprint density at radius 2 is 1.88 bits per heavy atom. The van der Waals surface area contributed by atoms with Crippen LogP contribution < -0.4 is 5.32 Å². The molecule has 0 bridgehead atoms. The standard InChI is InChI=1S/C14H13F5N4O2S/c1-23(6-10(24)14(17,18)19)13(25)20-12-22-21-11(26-12)4-7-2-8(15)5-9(16)3-7/h2-3,5,10,24H,4,6H2,1H3,(H,20,22,25)/t10-/m0/s1. The molecule has 0 saturated heterocycles. The third-order valence-electron chi connectivity index (χ3n) is 3.13. The van der Waals surface area contributed by atoms with Crippen molar-refractivity contribution in [2.24, 2.45) is 0 Å². The van der Waals surface area contributed by atoms with Crippen LogP contribution in [0.1, 0.15) is 10.6 Å². The molecule has 1 aromatic carbocycles. The lowest BCUT2D eigenvalue weighted by Gasteiger charge is -2.22. The van der Waals surface area contributed by atoms with Crippen LogP contribution in [0.25, 0.3) is 0 Å². The molecule has 6 nitrogen and oxygen atoms in total. The zero-order valence-electron chi connectivity index (χ0n) is 13.2. The summed E-state index contributed by atoms with van der Waals surface area (Å²) in [4.78, 5) is 12.4. The Morgan fingerprint density at radius 3 is 2.46 bits per heavy atom. The maximum absolute atomic E-state index is 13.1. The van der Waals surface area contributed by atoms with Crippen LogP contribution in [0.3, 0.4) is 0 Å². The highest BCUT2D eigenvalue weighted by Crippen LogP contribution is 2.22. The number of aromatic nitrogens is 2. The van der Waals surface area contributed by atoms with E-state index < -0.39 is 36.5 Å². The SMILES string of the molecule is CN(C[C@H](O)C(F)(F)F)C(=O)Nc1nnc(Cc2cc(F)cc(F)c2)s1. The molecule has 0 saturated carbocycles. The molecule has 0 spiro atoms. The lowest BCUT2D eigenvalue weighted by Crippen LogP contribution is -2.43. The largest absolute Gasteiger partial charge is 0.416 e. The number of hydrogen-bond acceptors (Lipinski definition) is 5. The molecule has 0 radical (unpaired) electrons. The van der Waals surface area contributed by atoms with Crippen molar-refractivity contribution in [2.45, 2.75) is 18.7 Å². The van der Waals surface area contributed by atoms with Gasteiger partial charge in [-0.15, -0.1) is 10.2 Å². The number of likely N-dealkylation sites (N-methyl/N-ethyl adjacent to an activating group) is 1. The first-order chi connectivity index (χ1) is 12.0. The number of aliphatic hydroxyl groups excluding tert-OH is 1. The zero-order valence-corrected chi connectivity index (χ0v) is 14.0. The summed E-state index contributed by atoms with van der Waals surface area (Å²) < 4.78 is 63.2. The average Bonchev–Trinajstić information content (AvgIpc) is 2.91. The minimum Gasteiger partial charge on any atom is -0.382 e. The van der Waals surface area contributed by atoms with Gasteiger partial charge in [0.25, 0.3) is 0 Å². The summed E-state index contributed by atoms with van der Waals surface area (Å²) >= 11 is 0.899. The number of benzene rings is 1. The smallest absolute Gasteiger partial charge is 0.382 e. The number of hydrogen-bond donors (Lipinski definition) is 2. The van der Waals surface area contributed by atoms with Crippen molar-refractivity contribution in [3.05, 3.63) is 40.4 Å². The highest BCUT2D eigenvalue weighted by molar-refractivity contribution is 7.15. The first-order valence-corrected chi connectivity index (χ1v) is 7.90. The molecule has 0 aliphatic rings. The van der Waals surface area contributed by atoms with Crippen LogP contribution in [-0.4, -0.2) is 52.1 Å². The van der Waals surface area contributed by atoms with Gasteiger partial charge in [-0.25, -0.2) is 13.6 Å². The van der Waals surface area contributed by atoms with Crippen LogP contribution in [0.15, 0.2) is 18.2 Å². The lowest BCUT2D eigenvalue weighted by atomic mass is 10.1. The van der Waals surface area contributed by atoms with Gasteiger partial charge < -0.3 is 10.0 Å². The molecule has 142 valence electrons. The molecule has 2 N–H and O–H groups in total. The number of halogens is 5. The van der Waals surface area contributed by atoms with Crippen LogP contribution in [0.2, 0.25) is 0 Å². The van der Waals surface area contributed by atoms with Crippen LogP contribution in [0.5, 0.6) is 0 Å². The van der Waals surface area contributed by atoms with E-state index in [1.54, 1.807) is 0 Å². The van der Waals surface area contributed by atoms with E-state index in [-0.39, 0.29) is 11.6 Å². The number of urea groups is 1. The fourth-order valence-corrected chi connectivity index (χ4v) is 2.66. The lowest BCUT2D eigenvalue weighted by molar-refractivity contribution is -0.205. The highest BCUT2D eigenvalue weighted by Gasteiger charge is 2.39. The third kappa shape index (κ3) is 5.59. The van der Waals surface area contributed by atoms with Gasteiger partial charge in [0.1, 0.15) is 16.6 Å². The van der Waals surface area contributed by atoms with Crippen molar-refractivity contribution < 1.29 is 31.9 Å². The van der Waals surface area contributed by atoms with E-state index in [9.17, 15) is 26.7 Å². The second-order valence-electron chi connectivity index (χ2n) is 5.32. The molecular weight excluding hydrogens is 383 g/mol. The summed E-state index contributed by atoms with van der Waals surface area (Å²) in [5, 5.41) is 18.9. The Morgan fingerprint density at radius 1 is 1.27 bits per heavy atom. The van der Waals surface area contributed by atoms with E-state index >= 15 is 0 Å². The maximum Gasteiger partial charge on any atom is 0.416 e. The van der Waals surface area contributed by atoms with Crippen molar-refractivity contribution in [1.29, 1.82) is 0 Å². The maximum atomic E-state index is 13.1. The normalized spacial score (nSPS) is 12.7. The van der Waals surface area contributed by atoms with Crippen LogP contribution >= 0.6 is 11.3 Å². The Bertz CT molecular complexity index is 763. The molecule has 0 unspecified atom stereocenters. The Balaban J connectivity index is 1.96. The number of carbonyl (C=O) groups is 1. The molecular formula is C14H13F5N4O2S. The van der Waals surface area contributed by atoms with Gasteiger partial charge in [0.05, 0.1) is 6.54 Å². The second kappa shape index (κ2) is 7.91. The first kappa shape index (κ1) is 20.0. The Kier molecular flexibility index (Phi) is 6.08. The molecule has 1 atom stereocenters. The summed E-state index contributed by atoms with van der Waals surface area (Å²) in [6.07, 6.45) is -7.46. The number of alkyl halides is 3. The summed E-state index contributed by atoms with van der Waals surface area (Å²) in [5.74, 6) is -1.49. The summed E-state index contributed by atoms with van der Waals surface area (Å²) in [6.45, 7) is -0.955. The number of carbonyl (C=O) groups excluding carboxylic acids is 1. The fourth-order valence-electron chi connectivity index (χ4n) is 1.90. The van der Waals surface area contributed by atoms with E-state index in [2.05, 4.69) is 15.5 Å². The molecule has 0 aliphatic carbocycles. The molecule has 0 aliphatic heterocycles. The number of aliphatic hydroxyl groups is 1. The monoisotopic (exact) mass is 396 g/mol. The number of amides is 2. The third-order valence-corrected chi connectivity index (χ3v) is 3.97. The number of rotatable bonds is 5. The molecule has 1 heterocycles. The van der Waals surface area contributed by atoms with Gasteiger partial charge >= 0.3 is 12.2 Å². The van der Waals surface area contributed by atoms with Gasteiger partial charge in [-0.2, -0.15) is 13.2 Å². The van der Waals surface area contributed by atoms with E-state index in [0.717, 1.165) is 36.6 Å². The Hall–Kier alpha value is -2.34. The van der Waals surface area contributed by atoms with E-state index in [4.69, 9.17) is 5.11 Å². The molecule has 12 heteroatoms. The van der Waals surface area contributed by atoms with Gasteiger partial charge in [0, 0.05) is 19.5 Å². The minimum absolute atomic E-state index is 0.00442. The van der Waals surface area contributed by atoms with Gasteiger partial charge in [-0.3, -0.25) is 5.32 Å². The van der Waals surface area contributed by atoms with Crippen LogP contribution in [-0.2, 0) is 6.42 Å². The molecule has 1 aromatic heterocycles. The predicted molar refractivity (Wildman–Crippen MR) is 82.8 cm³/mol. The molecule has 2 amide bonds. The van der Waals surface area contributed by atoms with Gasteiger partial charge in [-0.05, 0) is 17.7 Å². The van der Waals surface area contributed by atoms with E-state index in [1.165, 1.54) is 0 Å². The fraction of sp³-hybridized carbons (Fsp3) is 0.357. The second-order valence-corrected chi connectivity index (χ2v) is 6.39. The highest BCUT2D eigenvalue weighted by atomic mass is 32.1. The van der Waals surface area contributed by atoms with E-state index in [1.807, 2.05) is 0 Å². The topological polar surface area (TPSA) is 78.4 Å². The summed E-state index contributed by atoms with van der Waals surface area (Å²) in [6, 6.07) is 2.04. The van der Waals surface area contributed by atoms with Crippen LogP contribution in [0.4, 0.5) is 31.9 Å². The zero-order chi connectivity index (χ0) is 19.5. The van der Waals surface area contributed by atoms with Crippen molar-refractivity contribution in [1.82, 2.24) is 15.1 Å².